The van der Waals surface area contributed by atoms with Crippen molar-refractivity contribution in [2.75, 3.05) is 17.3 Å². The molecule has 0 aliphatic carbocycles. The predicted molar refractivity (Wildman–Crippen MR) is 114 cm³/mol. The highest BCUT2D eigenvalue weighted by Crippen LogP contribution is 2.32. The van der Waals surface area contributed by atoms with Crippen LogP contribution in [0.15, 0.2) is 54.7 Å². The van der Waals surface area contributed by atoms with Crippen molar-refractivity contribution in [1.29, 1.82) is 0 Å². The molecule has 2 aromatic carbocycles. The highest BCUT2D eigenvalue weighted by atomic mass is 35.5. The number of rotatable bonds is 6. The predicted octanol–water partition coefficient (Wildman–Crippen LogP) is 4.89. The van der Waals surface area contributed by atoms with E-state index in [1.54, 1.807) is 24.3 Å². The third-order valence-electron chi connectivity index (χ3n) is 4.33. The average molecular weight is 446 g/mol. The molecule has 2 amide bonds. The Labute approximate surface area is 182 Å². The average Bonchev–Trinajstić information content (AvgIpc) is 2.70. The third-order valence-corrected chi connectivity index (χ3v) is 4.70. The molecule has 1 N–H and O–H groups in total. The lowest BCUT2D eigenvalue weighted by atomic mass is 10.1. The van der Waals surface area contributed by atoms with Crippen LogP contribution in [0.5, 0.6) is 5.75 Å². The zero-order valence-electron chi connectivity index (χ0n) is 16.7. The molecule has 31 heavy (non-hydrogen) atoms. The van der Waals surface area contributed by atoms with Crippen LogP contribution in [0.25, 0.3) is 0 Å². The molecule has 0 atom stereocenters. The highest BCUT2D eigenvalue weighted by molar-refractivity contribution is 6.31. The maximum Gasteiger partial charge on any atom is 0.229 e. The van der Waals surface area contributed by atoms with Crippen molar-refractivity contribution in [1.82, 2.24) is 4.98 Å². The number of methoxy groups -OCH3 is 1. The van der Waals surface area contributed by atoms with Crippen LogP contribution in [0.1, 0.15) is 12.5 Å². The Morgan fingerprint density at radius 1 is 1.13 bits per heavy atom. The summed E-state index contributed by atoms with van der Waals surface area (Å²) >= 11 is 6.08. The number of anilines is 3. The van der Waals surface area contributed by atoms with Gasteiger partial charge in [0.25, 0.3) is 0 Å². The second kappa shape index (κ2) is 9.53. The molecule has 1 aromatic heterocycles. The number of nitrogens with one attached hydrogen (secondary N) is 1. The topological polar surface area (TPSA) is 71.5 Å². The molecular weight excluding hydrogens is 428 g/mol. The van der Waals surface area contributed by atoms with Gasteiger partial charge in [0.1, 0.15) is 5.82 Å². The molecule has 0 saturated carbocycles. The van der Waals surface area contributed by atoms with Crippen LogP contribution in [0.3, 0.4) is 0 Å². The summed E-state index contributed by atoms with van der Waals surface area (Å²) in [5.74, 6) is -3.27. The zero-order chi connectivity index (χ0) is 22.5. The van der Waals surface area contributed by atoms with Gasteiger partial charge in [-0.1, -0.05) is 29.8 Å². The first-order chi connectivity index (χ1) is 14.8. The van der Waals surface area contributed by atoms with E-state index in [1.807, 2.05) is 0 Å². The fourth-order valence-corrected chi connectivity index (χ4v) is 3.19. The molecule has 3 rings (SSSR count). The minimum atomic E-state index is -0.965. The second-order valence-electron chi connectivity index (χ2n) is 6.52. The highest BCUT2D eigenvalue weighted by Gasteiger charge is 2.21. The molecule has 3 aromatic rings. The first-order valence-corrected chi connectivity index (χ1v) is 9.51. The van der Waals surface area contributed by atoms with E-state index in [1.165, 1.54) is 25.3 Å². The molecule has 1 heterocycles. The van der Waals surface area contributed by atoms with Gasteiger partial charge in [-0.05, 0) is 17.7 Å². The summed E-state index contributed by atoms with van der Waals surface area (Å²) in [6.07, 6.45) is 1.41. The Balaban J connectivity index is 1.87. The van der Waals surface area contributed by atoms with E-state index in [2.05, 4.69) is 15.0 Å². The van der Waals surface area contributed by atoms with Gasteiger partial charge in [0, 0.05) is 42.0 Å². The number of ether oxygens (including phenoxy) is 1. The Morgan fingerprint density at radius 3 is 2.42 bits per heavy atom. The lowest BCUT2D eigenvalue weighted by Gasteiger charge is -2.21. The van der Waals surface area contributed by atoms with E-state index in [9.17, 15) is 18.4 Å². The molecular formula is C22H18ClF2N3O3. The molecule has 0 bridgehead atoms. The number of benzene rings is 2. The third kappa shape index (κ3) is 5.16. The molecule has 0 unspecified atom stereocenters. The van der Waals surface area contributed by atoms with Crippen LogP contribution in [0.2, 0.25) is 5.02 Å². The van der Waals surface area contributed by atoms with Crippen LogP contribution >= 0.6 is 11.6 Å². The zero-order valence-corrected chi connectivity index (χ0v) is 17.4. The quantitative estimate of drug-likeness (QED) is 0.586. The Bertz CT molecular complexity index is 1120. The SMILES string of the molecule is COc1c(F)cc(N(C(C)=O)c2cc(NC(=O)Cc3ccccc3Cl)ccn2)cc1F. The van der Waals surface area contributed by atoms with Gasteiger partial charge >= 0.3 is 0 Å². The van der Waals surface area contributed by atoms with Crippen LogP contribution in [0, 0.1) is 11.6 Å². The number of pyridine rings is 1. The minimum absolute atomic E-state index is 0.0443. The summed E-state index contributed by atoms with van der Waals surface area (Å²) in [5, 5.41) is 3.17. The van der Waals surface area contributed by atoms with Gasteiger partial charge in [0.2, 0.25) is 11.8 Å². The Morgan fingerprint density at radius 2 is 1.81 bits per heavy atom. The van der Waals surface area contributed by atoms with Crippen molar-refractivity contribution in [2.24, 2.45) is 0 Å². The van der Waals surface area contributed by atoms with Crippen LogP contribution < -0.4 is 15.0 Å². The molecule has 0 saturated heterocycles. The van der Waals surface area contributed by atoms with Crippen molar-refractivity contribution in [3.05, 3.63) is 76.9 Å². The van der Waals surface area contributed by atoms with E-state index in [4.69, 9.17) is 11.6 Å². The van der Waals surface area contributed by atoms with Gasteiger partial charge in [-0.3, -0.25) is 14.5 Å². The maximum absolute atomic E-state index is 14.2. The molecule has 6 nitrogen and oxygen atoms in total. The standard InChI is InChI=1S/C22H18ClF2N3O3/c1-13(29)28(16-11-18(24)22(31-2)19(25)12-16)20-10-15(7-8-26-20)27-21(30)9-14-5-3-4-6-17(14)23/h3-8,10-12H,9H2,1-2H3,(H,26,27,30). The van der Waals surface area contributed by atoms with Crippen molar-refractivity contribution in [2.45, 2.75) is 13.3 Å². The maximum atomic E-state index is 14.2. The fourth-order valence-electron chi connectivity index (χ4n) is 2.98. The number of halogens is 3. The number of hydrogen-bond donors (Lipinski definition) is 1. The van der Waals surface area contributed by atoms with Crippen molar-refractivity contribution < 1.29 is 23.1 Å². The van der Waals surface area contributed by atoms with Gasteiger partial charge in [-0.2, -0.15) is 0 Å². The van der Waals surface area contributed by atoms with E-state index < -0.39 is 23.3 Å². The molecule has 0 aliphatic rings. The number of carbonyl (C=O) groups is 2. The largest absolute Gasteiger partial charge is 0.491 e. The van der Waals surface area contributed by atoms with Gasteiger partial charge in [-0.15, -0.1) is 0 Å². The van der Waals surface area contributed by atoms with Crippen LogP contribution in [-0.2, 0) is 16.0 Å². The van der Waals surface area contributed by atoms with Gasteiger partial charge in [-0.25, -0.2) is 13.8 Å². The van der Waals surface area contributed by atoms with Crippen molar-refractivity contribution in [3.63, 3.8) is 0 Å². The van der Waals surface area contributed by atoms with E-state index >= 15 is 0 Å². The summed E-state index contributed by atoms with van der Waals surface area (Å²) in [6.45, 7) is 1.23. The summed E-state index contributed by atoms with van der Waals surface area (Å²) in [4.78, 5) is 29.8. The first-order valence-electron chi connectivity index (χ1n) is 9.13. The monoisotopic (exact) mass is 445 g/mol. The van der Waals surface area contributed by atoms with E-state index in [-0.39, 0.29) is 23.8 Å². The number of aromatic nitrogens is 1. The number of amides is 2. The lowest BCUT2D eigenvalue weighted by Crippen LogP contribution is -2.24. The molecule has 160 valence electrons. The molecule has 0 spiro atoms. The van der Waals surface area contributed by atoms with Crippen molar-refractivity contribution >= 4 is 40.6 Å². The fraction of sp³-hybridized carbons (Fsp3) is 0.136. The number of carbonyl (C=O) groups excluding carboxylic acids is 2. The first kappa shape index (κ1) is 22.2. The van der Waals surface area contributed by atoms with Gasteiger partial charge in [0.05, 0.1) is 19.2 Å². The normalized spacial score (nSPS) is 10.5. The van der Waals surface area contributed by atoms with Gasteiger partial charge < -0.3 is 10.1 Å². The lowest BCUT2D eigenvalue weighted by molar-refractivity contribution is -0.116. The smallest absolute Gasteiger partial charge is 0.229 e. The summed E-state index contributed by atoms with van der Waals surface area (Å²) in [6, 6.07) is 11.8. The van der Waals surface area contributed by atoms with Crippen LogP contribution in [-0.4, -0.2) is 23.9 Å². The van der Waals surface area contributed by atoms with E-state index in [0.717, 1.165) is 24.1 Å². The van der Waals surface area contributed by atoms with E-state index in [0.29, 0.717) is 16.3 Å². The summed E-state index contributed by atoms with van der Waals surface area (Å²) in [5.41, 5.74) is 0.934. The molecule has 0 radical (unpaired) electrons. The molecule has 0 aliphatic heterocycles. The Kier molecular flexibility index (Phi) is 6.81. The summed E-state index contributed by atoms with van der Waals surface area (Å²) in [7, 11) is 1.14. The molecule has 0 fully saturated rings. The van der Waals surface area contributed by atoms with Crippen molar-refractivity contribution in [3.8, 4) is 5.75 Å². The van der Waals surface area contributed by atoms with Crippen LogP contribution in [0.4, 0.5) is 26.0 Å². The Hall–Kier alpha value is -3.52. The number of nitrogens with zero attached hydrogens (tertiary/aromatic N) is 2. The molecule has 9 heteroatoms. The second-order valence-corrected chi connectivity index (χ2v) is 6.92. The number of hydrogen-bond acceptors (Lipinski definition) is 4. The minimum Gasteiger partial charge on any atom is -0.491 e. The summed E-state index contributed by atoms with van der Waals surface area (Å²) < 4.78 is 33.0. The van der Waals surface area contributed by atoms with Gasteiger partial charge in [0.15, 0.2) is 17.4 Å².